The smallest absolute Gasteiger partial charge is 0.116 e. The number of nitrogens with one attached hydrogen (secondary N) is 1. The number of allylic oxidation sites excluding steroid dienone is 2. The molecule has 0 bridgehead atoms. The first-order valence-corrected chi connectivity index (χ1v) is 9.69. The van der Waals surface area contributed by atoms with Crippen molar-refractivity contribution >= 4 is 11.8 Å². The molecule has 0 amide bonds. The van der Waals surface area contributed by atoms with Gasteiger partial charge in [0.05, 0.1) is 28.3 Å². The average molecular weight is 350 g/mol. The Hall–Kier alpha value is -2.37. The predicted molar refractivity (Wildman–Crippen MR) is 101 cm³/mol. The molecule has 25 heavy (non-hydrogen) atoms. The molecule has 1 spiro atoms. The van der Waals surface area contributed by atoms with Gasteiger partial charge in [0.1, 0.15) is 5.82 Å². The molecule has 0 radical (unpaired) electrons. The summed E-state index contributed by atoms with van der Waals surface area (Å²) in [5, 5.41) is 23.5. The molecule has 0 atom stereocenters. The van der Waals surface area contributed by atoms with Crippen LogP contribution in [0.3, 0.4) is 0 Å². The summed E-state index contributed by atoms with van der Waals surface area (Å²) in [6.07, 6.45) is 5.82. The van der Waals surface area contributed by atoms with Crippen LogP contribution in [-0.4, -0.2) is 5.75 Å². The van der Waals surface area contributed by atoms with Crippen LogP contribution in [0, 0.1) is 28.1 Å². The lowest BCUT2D eigenvalue weighted by Crippen LogP contribution is -2.39. The van der Waals surface area contributed by atoms with Crippen LogP contribution >= 0.6 is 11.8 Å². The maximum Gasteiger partial charge on any atom is 0.116 e. The number of nitrogens with zero attached hydrogens (tertiary/aromatic N) is 2. The summed E-state index contributed by atoms with van der Waals surface area (Å²) in [4.78, 5) is 0. The van der Waals surface area contributed by atoms with Crippen LogP contribution in [0.2, 0.25) is 0 Å². The highest BCUT2D eigenvalue weighted by Crippen LogP contribution is 2.51. The van der Waals surface area contributed by atoms with Crippen LogP contribution in [0.1, 0.15) is 37.7 Å². The van der Waals surface area contributed by atoms with E-state index in [0.717, 1.165) is 49.3 Å². The Balaban J connectivity index is 1.84. The first-order valence-electron chi connectivity index (χ1n) is 8.70. The second-order valence-electron chi connectivity index (χ2n) is 6.57. The Morgan fingerprint density at radius 1 is 1.04 bits per heavy atom. The van der Waals surface area contributed by atoms with Gasteiger partial charge in [-0.15, -0.1) is 11.8 Å². The summed E-state index contributed by atoms with van der Waals surface area (Å²) in [5.74, 6) is 1.29. The Morgan fingerprint density at radius 2 is 1.72 bits per heavy atom. The fourth-order valence-electron chi connectivity index (χ4n) is 3.85. The van der Waals surface area contributed by atoms with Crippen LogP contribution < -0.4 is 11.1 Å². The zero-order valence-electron chi connectivity index (χ0n) is 14.2. The number of hydrogen-bond donors (Lipinski definition) is 2. The second kappa shape index (κ2) is 7.68. The summed E-state index contributed by atoms with van der Waals surface area (Å²) in [6.45, 7) is 0. The van der Waals surface area contributed by atoms with Gasteiger partial charge in [-0.2, -0.15) is 10.5 Å². The molecule has 1 saturated carbocycles. The van der Waals surface area contributed by atoms with E-state index >= 15 is 0 Å². The monoisotopic (exact) mass is 350 g/mol. The molecule has 3 rings (SSSR count). The Labute approximate surface area is 153 Å². The molecule has 128 valence electrons. The van der Waals surface area contributed by atoms with Crippen molar-refractivity contribution in [3.05, 3.63) is 57.9 Å². The SMILES string of the molecule is N#CC1=C(N)NC(SCCc2ccccc2)=C(C#N)C12CCCCC2. The van der Waals surface area contributed by atoms with Crippen LogP contribution in [0.5, 0.6) is 0 Å². The van der Waals surface area contributed by atoms with Crippen molar-refractivity contribution in [3.8, 4) is 12.1 Å². The van der Waals surface area contributed by atoms with E-state index in [4.69, 9.17) is 5.73 Å². The van der Waals surface area contributed by atoms with Gasteiger partial charge in [0, 0.05) is 11.2 Å². The number of nitrogens with two attached hydrogens (primary N) is 1. The topological polar surface area (TPSA) is 85.6 Å². The zero-order chi connectivity index (χ0) is 17.7. The van der Waals surface area contributed by atoms with E-state index in [2.05, 4.69) is 29.6 Å². The van der Waals surface area contributed by atoms with Gasteiger partial charge in [-0.25, -0.2) is 0 Å². The standard InChI is InChI=1S/C20H22N4S/c21-13-16-18(23)24-19(25-12-9-15-7-3-1-4-8-15)17(14-22)20(16)10-5-2-6-11-20/h1,3-4,7-8,24H,2,5-6,9-12,23H2. The predicted octanol–water partition coefficient (Wildman–Crippen LogP) is 3.95. The van der Waals surface area contributed by atoms with Crippen molar-refractivity contribution in [3.63, 3.8) is 0 Å². The molecule has 1 aromatic rings. The fraction of sp³-hybridized carbons (Fsp3) is 0.400. The minimum Gasteiger partial charge on any atom is -0.384 e. The highest BCUT2D eigenvalue weighted by molar-refractivity contribution is 8.03. The molecule has 1 heterocycles. The van der Waals surface area contributed by atoms with Crippen molar-refractivity contribution < 1.29 is 0 Å². The van der Waals surface area contributed by atoms with Gasteiger partial charge in [-0.05, 0) is 24.8 Å². The lowest BCUT2D eigenvalue weighted by Gasteiger charge is -2.40. The van der Waals surface area contributed by atoms with Gasteiger partial charge in [0.25, 0.3) is 0 Å². The highest BCUT2D eigenvalue weighted by atomic mass is 32.2. The van der Waals surface area contributed by atoms with Gasteiger partial charge in [0.2, 0.25) is 0 Å². The lowest BCUT2D eigenvalue weighted by molar-refractivity contribution is 0.294. The van der Waals surface area contributed by atoms with Crippen molar-refractivity contribution in [2.24, 2.45) is 11.1 Å². The van der Waals surface area contributed by atoms with Crippen molar-refractivity contribution in [2.45, 2.75) is 38.5 Å². The summed E-state index contributed by atoms with van der Waals surface area (Å²) in [6, 6.07) is 15.0. The zero-order valence-corrected chi connectivity index (χ0v) is 15.0. The summed E-state index contributed by atoms with van der Waals surface area (Å²) in [5.41, 5.74) is 8.23. The summed E-state index contributed by atoms with van der Waals surface area (Å²) in [7, 11) is 0. The van der Waals surface area contributed by atoms with Crippen LogP contribution in [-0.2, 0) is 6.42 Å². The number of hydrogen-bond acceptors (Lipinski definition) is 5. The third-order valence-electron chi connectivity index (χ3n) is 5.11. The van der Waals surface area contributed by atoms with E-state index in [-0.39, 0.29) is 0 Å². The fourth-order valence-corrected chi connectivity index (χ4v) is 4.96. The molecule has 0 aromatic heterocycles. The van der Waals surface area contributed by atoms with Crippen LogP contribution in [0.4, 0.5) is 0 Å². The van der Waals surface area contributed by atoms with Crippen molar-refractivity contribution in [1.82, 2.24) is 5.32 Å². The molecule has 1 aliphatic carbocycles. The minimum atomic E-state index is -0.480. The number of rotatable bonds is 4. The summed E-state index contributed by atoms with van der Waals surface area (Å²) < 4.78 is 0. The number of dihydropyridines is 1. The van der Waals surface area contributed by atoms with Gasteiger partial charge < -0.3 is 11.1 Å². The Morgan fingerprint density at radius 3 is 2.36 bits per heavy atom. The van der Waals surface area contributed by atoms with Crippen LogP contribution in [0.25, 0.3) is 0 Å². The molecule has 4 nitrogen and oxygen atoms in total. The molecule has 0 unspecified atom stereocenters. The van der Waals surface area contributed by atoms with Gasteiger partial charge in [-0.1, -0.05) is 49.6 Å². The molecule has 2 aliphatic rings. The summed E-state index contributed by atoms with van der Waals surface area (Å²) >= 11 is 1.63. The number of thioether (sulfide) groups is 1. The van der Waals surface area contributed by atoms with E-state index in [9.17, 15) is 10.5 Å². The van der Waals surface area contributed by atoms with Crippen molar-refractivity contribution in [1.29, 1.82) is 10.5 Å². The molecule has 3 N–H and O–H groups in total. The minimum absolute atomic E-state index is 0.422. The maximum absolute atomic E-state index is 9.86. The normalized spacial score (nSPS) is 19.3. The molecule has 1 fully saturated rings. The van der Waals surface area contributed by atoms with E-state index in [1.54, 1.807) is 11.8 Å². The van der Waals surface area contributed by atoms with E-state index in [0.29, 0.717) is 17.0 Å². The van der Waals surface area contributed by atoms with Gasteiger partial charge >= 0.3 is 0 Å². The first kappa shape index (κ1) is 17.5. The van der Waals surface area contributed by atoms with Crippen LogP contribution in [0.15, 0.2) is 52.3 Å². The van der Waals surface area contributed by atoms with E-state index in [1.807, 2.05) is 18.2 Å². The molecule has 1 aliphatic heterocycles. The molecular weight excluding hydrogens is 328 g/mol. The van der Waals surface area contributed by atoms with E-state index < -0.39 is 5.41 Å². The lowest BCUT2D eigenvalue weighted by atomic mass is 9.64. The largest absolute Gasteiger partial charge is 0.384 e. The number of benzene rings is 1. The second-order valence-corrected chi connectivity index (χ2v) is 7.67. The maximum atomic E-state index is 9.86. The van der Waals surface area contributed by atoms with Gasteiger partial charge in [-0.3, -0.25) is 0 Å². The number of nitriles is 2. The number of aryl methyl sites for hydroxylation is 1. The van der Waals surface area contributed by atoms with E-state index in [1.165, 1.54) is 5.56 Å². The average Bonchev–Trinajstić information content (AvgIpc) is 2.64. The third kappa shape index (κ3) is 3.38. The highest BCUT2D eigenvalue weighted by Gasteiger charge is 2.45. The van der Waals surface area contributed by atoms with Gasteiger partial charge in [0.15, 0.2) is 0 Å². The van der Waals surface area contributed by atoms with Crippen molar-refractivity contribution in [2.75, 3.05) is 5.75 Å². The molecule has 5 heteroatoms. The Kier molecular flexibility index (Phi) is 5.36. The Bertz CT molecular complexity index is 774. The first-order chi connectivity index (χ1) is 12.2. The third-order valence-corrected chi connectivity index (χ3v) is 6.12. The molecule has 0 saturated heterocycles. The molecular formula is C20H22N4S. The molecule has 1 aromatic carbocycles. The quantitative estimate of drug-likeness (QED) is 0.859.